The molecule has 110 valence electrons. The van der Waals surface area contributed by atoms with Crippen LogP contribution in [-0.2, 0) is 10.8 Å². The summed E-state index contributed by atoms with van der Waals surface area (Å²) in [4.78, 5) is 0. The fraction of sp³-hybridized carbons (Fsp3) is 0.647. The van der Waals surface area contributed by atoms with Gasteiger partial charge in [0.1, 0.15) is 0 Å². The molecule has 0 aromatic heterocycles. The fourth-order valence-electron chi connectivity index (χ4n) is 1.96. The summed E-state index contributed by atoms with van der Waals surface area (Å²) in [5, 5.41) is 0. The fourth-order valence-corrected chi connectivity index (χ4v) is 1.96. The van der Waals surface area contributed by atoms with Crippen LogP contribution in [0.2, 0.25) is 0 Å². The van der Waals surface area contributed by atoms with E-state index in [0.29, 0.717) is 0 Å². The molecule has 1 aromatic carbocycles. The van der Waals surface area contributed by atoms with Crippen LogP contribution in [0, 0.1) is 6.07 Å². The summed E-state index contributed by atoms with van der Waals surface area (Å²) in [7, 11) is 0. The monoisotopic (exact) mass is 350 g/mol. The Morgan fingerprint density at radius 3 is 1.50 bits per heavy atom. The van der Waals surface area contributed by atoms with Crippen LogP contribution >= 0.6 is 0 Å². The van der Waals surface area contributed by atoms with Crippen LogP contribution in [0.3, 0.4) is 0 Å². The molecular weight excluding hydrogens is 324 g/mol. The van der Waals surface area contributed by atoms with Gasteiger partial charge in [-0.2, -0.15) is 18.2 Å². The number of ether oxygens (including phenoxy) is 1. The number of rotatable bonds is 2. The van der Waals surface area contributed by atoms with Gasteiger partial charge in [-0.25, -0.2) is 0 Å². The topological polar surface area (TPSA) is 9.23 Å². The van der Waals surface area contributed by atoms with Crippen LogP contribution in [0.4, 0.5) is 0 Å². The van der Waals surface area contributed by atoms with E-state index in [-0.39, 0.29) is 57.0 Å². The van der Waals surface area contributed by atoms with Gasteiger partial charge >= 0.3 is 23.1 Å². The van der Waals surface area contributed by atoms with Crippen LogP contribution in [0.25, 0.3) is 0 Å². The zero-order valence-electron chi connectivity index (χ0n) is 14.2. The smallest absolute Gasteiger partial charge is 1.00 e. The number of hydrogen-bond donors (Lipinski definition) is 0. The molecule has 0 heterocycles. The largest absolute Gasteiger partial charge is 2.00 e. The molecule has 0 N–H and O–H groups in total. The third kappa shape index (κ3) is 5.94. The van der Waals surface area contributed by atoms with E-state index in [9.17, 15) is 0 Å². The first-order valence-electron chi connectivity index (χ1n) is 6.75. The quantitative estimate of drug-likeness (QED) is 0.579. The molecule has 0 aliphatic rings. The maximum atomic E-state index is 6.11. The van der Waals surface area contributed by atoms with Gasteiger partial charge in [-0.1, -0.05) is 52.4 Å². The summed E-state index contributed by atoms with van der Waals surface area (Å²) in [5.74, 6) is 1.05. The van der Waals surface area contributed by atoms with E-state index in [1.54, 1.807) is 0 Å². The van der Waals surface area contributed by atoms with Gasteiger partial charge in [0.05, 0.1) is 6.10 Å². The summed E-state index contributed by atoms with van der Waals surface area (Å²) >= 11 is 0. The first-order valence-corrected chi connectivity index (χ1v) is 6.75. The summed E-state index contributed by atoms with van der Waals surface area (Å²) in [6, 6.07) is 7.40. The second-order valence-corrected chi connectivity index (χ2v) is 7.28. The standard InChI is InChI=1S/C17H27O.BrH.Mg/c1-12(2)18-15-13(16(3,4)5)10-9-11-14(15)17(6,7)8;;/h10-12H,1-8H3;1H;/q-1;;+2/p-1. The molecule has 0 saturated carbocycles. The third-order valence-corrected chi connectivity index (χ3v) is 2.91. The van der Waals surface area contributed by atoms with E-state index < -0.39 is 0 Å². The molecule has 20 heavy (non-hydrogen) atoms. The summed E-state index contributed by atoms with van der Waals surface area (Å²) in [5.41, 5.74) is 2.62. The van der Waals surface area contributed by atoms with Crippen LogP contribution in [0.1, 0.15) is 66.5 Å². The predicted molar refractivity (Wildman–Crippen MR) is 84.2 cm³/mol. The average molecular weight is 352 g/mol. The van der Waals surface area contributed by atoms with Crippen LogP contribution < -0.4 is 21.7 Å². The van der Waals surface area contributed by atoms with Crippen molar-refractivity contribution < 1.29 is 21.7 Å². The molecule has 0 bridgehead atoms. The Balaban J connectivity index is 0. The van der Waals surface area contributed by atoms with Crippen LogP contribution in [-0.4, -0.2) is 29.2 Å². The van der Waals surface area contributed by atoms with Crippen LogP contribution in [0.5, 0.6) is 5.75 Å². The minimum Gasteiger partial charge on any atom is -1.00 e. The summed E-state index contributed by atoms with van der Waals surface area (Å²) in [6.07, 6.45) is 0.189. The van der Waals surface area contributed by atoms with Gasteiger partial charge in [-0.3, -0.25) is 0 Å². The number of hydrogen-bond acceptors (Lipinski definition) is 1. The molecule has 0 unspecified atom stereocenters. The zero-order chi connectivity index (χ0) is 14.1. The minimum atomic E-state index is 0. The van der Waals surface area contributed by atoms with Crippen LogP contribution in [0.15, 0.2) is 12.1 Å². The minimum absolute atomic E-state index is 0. The zero-order valence-corrected chi connectivity index (χ0v) is 17.2. The van der Waals surface area contributed by atoms with Crippen molar-refractivity contribution in [3.8, 4) is 5.75 Å². The molecule has 1 rings (SSSR count). The van der Waals surface area contributed by atoms with E-state index in [1.807, 2.05) is 0 Å². The van der Waals surface area contributed by atoms with Gasteiger partial charge in [-0.05, 0) is 13.8 Å². The van der Waals surface area contributed by atoms with E-state index >= 15 is 0 Å². The summed E-state index contributed by atoms with van der Waals surface area (Å²) in [6.45, 7) is 17.5. The van der Waals surface area contributed by atoms with Crippen molar-refractivity contribution in [1.82, 2.24) is 0 Å². The first-order chi connectivity index (χ1) is 8.03. The Hall–Kier alpha value is 0.266. The number of halogens is 1. The van der Waals surface area contributed by atoms with Crippen molar-refractivity contribution >= 4 is 23.1 Å². The van der Waals surface area contributed by atoms with Gasteiger partial charge < -0.3 is 21.7 Å². The molecule has 3 heteroatoms. The maximum absolute atomic E-state index is 6.11. The van der Waals surface area contributed by atoms with E-state index in [1.165, 1.54) is 11.1 Å². The predicted octanol–water partition coefficient (Wildman–Crippen LogP) is 1.49. The molecule has 0 aliphatic heterocycles. The van der Waals surface area contributed by atoms with Crippen molar-refractivity contribution in [3.05, 3.63) is 29.3 Å². The number of benzene rings is 1. The molecule has 1 aromatic rings. The van der Waals surface area contributed by atoms with Gasteiger partial charge in [0.25, 0.3) is 0 Å². The second-order valence-electron chi connectivity index (χ2n) is 7.28. The maximum Gasteiger partial charge on any atom is 2.00 e. The second kappa shape index (κ2) is 8.05. The molecule has 1 nitrogen and oxygen atoms in total. The Labute approximate surface area is 151 Å². The Morgan fingerprint density at radius 2 is 1.25 bits per heavy atom. The van der Waals surface area contributed by atoms with Crippen molar-refractivity contribution in [2.45, 2.75) is 72.3 Å². The molecule has 0 aliphatic carbocycles. The third-order valence-electron chi connectivity index (χ3n) is 2.91. The van der Waals surface area contributed by atoms with Crippen molar-refractivity contribution in [1.29, 1.82) is 0 Å². The molecule has 0 fully saturated rings. The average Bonchev–Trinajstić information content (AvgIpc) is 2.13. The molecule has 0 saturated heterocycles. The van der Waals surface area contributed by atoms with Crippen molar-refractivity contribution in [2.75, 3.05) is 0 Å². The molecule has 0 atom stereocenters. The molecule has 0 radical (unpaired) electrons. The van der Waals surface area contributed by atoms with Gasteiger partial charge in [0.15, 0.2) is 0 Å². The Kier molecular flexibility index (Phi) is 9.07. The van der Waals surface area contributed by atoms with Gasteiger partial charge in [0.2, 0.25) is 0 Å². The Morgan fingerprint density at radius 1 is 0.900 bits per heavy atom. The Bertz CT molecular complexity index is 382. The van der Waals surface area contributed by atoms with Gasteiger partial charge in [-0.15, -0.1) is 11.1 Å². The van der Waals surface area contributed by atoms with Gasteiger partial charge in [0, 0.05) is 5.75 Å². The van der Waals surface area contributed by atoms with E-state index in [2.05, 4.69) is 73.6 Å². The SMILES string of the molecule is CC(C)Oc1c(C(C)(C)C)c[c-]cc1C(C)(C)C.[Br-].[Mg+2]. The first kappa shape index (κ1) is 22.5. The van der Waals surface area contributed by atoms with Crippen molar-refractivity contribution in [2.24, 2.45) is 0 Å². The normalized spacial score (nSPS) is 11.7. The molecule has 0 amide bonds. The molecule has 0 spiro atoms. The van der Waals surface area contributed by atoms with E-state index in [4.69, 9.17) is 4.74 Å². The molecular formula is C17H27BrMgO. The van der Waals surface area contributed by atoms with Crippen molar-refractivity contribution in [3.63, 3.8) is 0 Å². The summed E-state index contributed by atoms with van der Waals surface area (Å²) < 4.78 is 6.11. The van der Waals surface area contributed by atoms with E-state index in [0.717, 1.165) is 5.75 Å².